The van der Waals surface area contributed by atoms with Crippen molar-refractivity contribution in [2.24, 2.45) is 17.8 Å². The topological polar surface area (TPSA) is 35.5 Å². The minimum Gasteiger partial charge on any atom is -0.431 e. The van der Waals surface area contributed by atoms with Gasteiger partial charge in [0.05, 0.1) is 11.7 Å². The number of allylic oxidation sites excluding steroid dienone is 2. The molecule has 3 aliphatic rings. The highest BCUT2D eigenvalue weighted by Gasteiger charge is 2.75. The number of carbonyl (C=O) groups is 1. The van der Waals surface area contributed by atoms with Gasteiger partial charge in [-0.25, -0.2) is 0 Å². The van der Waals surface area contributed by atoms with Crippen molar-refractivity contribution in [1.82, 2.24) is 0 Å². The molecule has 3 heteroatoms. The fourth-order valence-corrected chi connectivity index (χ4v) is 4.55. The molecule has 3 nitrogen and oxygen atoms in total. The highest BCUT2D eigenvalue weighted by molar-refractivity contribution is 5.67. The van der Waals surface area contributed by atoms with Crippen LogP contribution in [0.25, 0.3) is 0 Å². The molecule has 1 saturated carbocycles. The summed E-state index contributed by atoms with van der Waals surface area (Å²) in [4.78, 5) is 11.4. The molecule has 1 aromatic carbocycles. The van der Waals surface area contributed by atoms with Crippen LogP contribution in [0.3, 0.4) is 0 Å². The van der Waals surface area contributed by atoms with E-state index >= 15 is 0 Å². The molecule has 110 valence electrons. The highest BCUT2D eigenvalue weighted by atomic mass is 16.5. The predicted octanol–water partition coefficient (Wildman–Crippen LogP) is 3.71. The zero-order valence-electron chi connectivity index (χ0n) is 12.8. The molecule has 0 unspecified atom stereocenters. The number of carbonyl (C=O) groups excluding carboxylic acids is 1. The van der Waals surface area contributed by atoms with Crippen LogP contribution in [0.2, 0.25) is 0 Å². The normalized spacial score (nSPS) is 37.7. The molecule has 21 heavy (non-hydrogen) atoms. The monoisotopic (exact) mass is 284 g/mol. The summed E-state index contributed by atoms with van der Waals surface area (Å²) >= 11 is 0. The van der Waals surface area contributed by atoms with E-state index in [0.717, 1.165) is 11.3 Å². The quantitative estimate of drug-likeness (QED) is 0.613. The first-order chi connectivity index (χ1) is 9.95. The number of esters is 1. The summed E-state index contributed by atoms with van der Waals surface area (Å²) in [5.74, 6) is 1.84. The summed E-state index contributed by atoms with van der Waals surface area (Å²) in [7, 11) is 0. The van der Waals surface area contributed by atoms with Crippen molar-refractivity contribution in [3.05, 3.63) is 46.7 Å². The van der Waals surface area contributed by atoms with Crippen molar-refractivity contribution >= 4 is 5.97 Å². The summed E-state index contributed by atoms with van der Waals surface area (Å²) in [6.45, 7) is 7.70. The van der Waals surface area contributed by atoms with E-state index < -0.39 is 0 Å². The number of hydrogen-bond acceptors (Lipinski definition) is 3. The van der Waals surface area contributed by atoms with E-state index in [1.165, 1.54) is 18.1 Å². The van der Waals surface area contributed by atoms with Crippen molar-refractivity contribution in [3.8, 4) is 0 Å². The molecule has 1 aromatic rings. The van der Waals surface area contributed by atoms with Gasteiger partial charge < -0.3 is 9.47 Å². The fourth-order valence-electron chi connectivity index (χ4n) is 4.55. The van der Waals surface area contributed by atoms with E-state index in [0.29, 0.717) is 17.8 Å². The molecule has 2 heterocycles. The first-order valence-corrected chi connectivity index (χ1v) is 7.58. The maximum atomic E-state index is 11.4. The molecule has 1 aliphatic carbocycles. The second kappa shape index (κ2) is 3.98. The highest BCUT2D eigenvalue weighted by Crippen LogP contribution is 2.76. The van der Waals surface area contributed by atoms with Crippen LogP contribution in [-0.4, -0.2) is 5.97 Å². The van der Waals surface area contributed by atoms with Crippen molar-refractivity contribution in [3.63, 3.8) is 0 Å². The van der Waals surface area contributed by atoms with Gasteiger partial charge in [-0.1, -0.05) is 24.3 Å². The Bertz CT molecular complexity index is 671. The van der Waals surface area contributed by atoms with Crippen LogP contribution >= 0.6 is 0 Å². The Labute approximate surface area is 124 Å². The van der Waals surface area contributed by atoms with Gasteiger partial charge in [-0.2, -0.15) is 0 Å². The lowest BCUT2D eigenvalue weighted by Gasteiger charge is -2.24. The Morgan fingerprint density at radius 3 is 2.62 bits per heavy atom. The number of benzene rings is 1. The third-order valence-corrected chi connectivity index (χ3v) is 5.28. The van der Waals surface area contributed by atoms with E-state index in [2.05, 4.69) is 31.2 Å². The maximum Gasteiger partial charge on any atom is 0.307 e. The van der Waals surface area contributed by atoms with Crippen LogP contribution in [0.4, 0.5) is 0 Å². The second-order valence-electron chi connectivity index (χ2n) is 6.82. The first kappa shape index (κ1) is 13.1. The summed E-state index contributed by atoms with van der Waals surface area (Å²) in [5.41, 5.74) is 3.50. The van der Waals surface area contributed by atoms with Crippen LogP contribution in [0.5, 0.6) is 0 Å². The molecule has 2 fully saturated rings. The SMILES string of the molecule is CC(=O)OC(=C(C)C)[C@H]1[C@H]2[C@@H]1[C@@]1(C)O[C@@H]2c2ccccc21. The van der Waals surface area contributed by atoms with Gasteiger partial charge in [0.25, 0.3) is 0 Å². The molecule has 5 atom stereocenters. The molecule has 2 aliphatic heterocycles. The lowest BCUT2D eigenvalue weighted by molar-refractivity contribution is -0.138. The maximum absolute atomic E-state index is 11.4. The van der Waals surface area contributed by atoms with Crippen molar-refractivity contribution in [1.29, 1.82) is 0 Å². The van der Waals surface area contributed by atoms with E-state index in [9.17, 15) is 4.79 Å². The van der Waals surface area contributed by atoms with E-state index in [1.54, 1.807) is 0 Å². The minimum absolute atomic E-state index is 0.158. The standard InChI is InChI=1S/C18H20O3/c1-9(2)16(20-10(3)19)13-14-15(13)18(4)12-8-6-5-7-11(12)17(14)21-18/h5-8,13-15,17H,1-4H3/t13-,14-,15+,17+,18-/m0/s1. The molecule has 0 spiro atoms. The van der Waals surface area contributed by atoms with Crippen molar-refractivity contribution < 1.29 is 14.3 Å². The van der Waals surface area contributed by atoms with E-state index in [1.807, 2.05) is 13.8 Å². The smallest absolute Gasteiger partial charge is 0.307 e. The first-order valence-electron chi connectivity index (χ1n) is 7.58. The second-order valence-corrected chi connectivity index (χ2v) is 6.82. The average Bonchev–Trinajstić information content (AvgIpc) is 3.01. The molecule has 0 N–H and O–H groups in total. The minimum atomic E-state index is -0.230. The number of rotatable bonds is 2. The van der Waals surface area contributed by atoms with Gasteiger partial charge in [0, 0.05) is 24.7 Å². The Kier molecular flexibility index (Phi) is 2.48. The Balaban J connectivity index is 1.73. The van der Waals surface area contributed by atoms with Gasteiger partial charge in [-0.05, 0) is 37.5 Å². The van der Waals surface area contributed by atoms with Gasteiger partial charge in [0.2, 0.25) is 0 Å². The fraction of sp³-hybridized carbons (Fsp3) is 0.500. The lowest BCUT2D eigenvalue weighted by atomic mass is 9.83. The molecule has 4 rings (SSSR count). The largest absolute Gasteiger partial charge is 0.431 e. The summed E-state index contributed by atoms with van der Waals surface area (Å²) < 4.78 is 11.8. The summed E-state index contributed by atoms with van der Waals surface area (Å²) in [5, 5.41) is 0. The molecular formula is C18H20O3. The van der Waals surface area contributed by atoms with E-state index in [-0.39, 0.29) is 17.7 Å². The number of ether oxygens (including phenoxy) is 2. The van der Waals surface area contributed by atoms with Crippen LogP contribution in [0.15, 0.2) is 35.6 Å². The van der Waals surface area contributed by atoms with Crippen LogP contribution in [0, 0.1) is 17.8 Å². The number of fused-ring (bicyclic) bond motifs is 8. The van der Waals surface area contributed by atoms with Gasteiger partial charge in [-0.3, -0.25) is 4.79 Å². The van der Waals surface area contributed by atoms with Gasteiger partial charge in [0.1, 0.15) is 5.76 Å². The Hall–Kier alpha value is -1.61. The third-order valence-electron chi connectivity index (χ3n) is 5.28. The Morgan fingerprint density at radius 2 is 1.95 bits per heavy atom. The third kappa shape index (κ3) is 1.55. The summed E-state index contributed by atoms with van der Waals surface area (Å²) in [6, 6.07) is 8.50. The lowest BCUT2D eigenvalue weighted by Crippen LogP contribution is -2.24. The molecular weight excluding hydrogens is 264 g/mol. The summed E-state index contributed by atoms with van der Waals surface area (Å²) in [6.07, 6.45) is 0.158. The van der Waals surface area contributed by atoms with E-state index in [4.69, 9.17) is 9.47 Å². The predicted molar refractivity (Wildman–Crippen MR) is 78.2 cm³/mol. The average molecular weight is 284 g/mol. The zero-order chi connectivity index (χ0) is 14.9. The van der Waals surface area contributed by atoms with Gasteiger partial charge in [-0.15, -0.1) is 0 Å². The van der Waals surface area contributed by atoms with Crippen LogP contribution < -0.4 is 0 Å². The van der Waals surface area contributed by atoms with Crippen LogP contribution in [-0.2, 0) is 19.9 Å². The molecule has 0 amide bonds. The van der Waals surface area contributed by atoms with Gasteiger partial charge >= 0.3 is 5.97 Å². The number of hydrogen-bond donors (Lipinski definition) is 0. The Morgan fingerprint density at radius 1 is 1.24 bits per heavy atom. The molecule has 0 aromatic heterocycles. The molecule has 2 bridgehead atoms. The molecule has 0 radical (unpaired) electrons. The zero-order valence-corrected chi connectivity index (χ0v) is 12.8. The van der Waals surface area contributed by atoms with Gasteiger partial charge in [0.15, 0.2) is 0 Å². The van der Waals surface area contributed by atoms with Crippen LogP contribution in [0.1, 0.15) is 44.9 Å². The van der Waals surface area contributed by atoms with Crippen molar-refractivity contribution in [2.45, 2.75) is 39.4 Å². The van der Waals surface area contributed by atoms with Crippen molar-refractivity contribution in [2.75, 3.05) is 0 Å². The molecule has 1 saturated heterocycles.